The van der Waals surface area contributed by atoms with E-state index in [0.29, 0.717) is 42.4 Å². The number of aryl methyl sites for hydroxylation is 2. The van der Waals surface area contributed by atoms with E-state index in [1.165, 1.54) is 24.5 Å². The van der Waals surface area contributed by atoms with Gasteiger partial charge in [-0.3, -0.25) is 9.69 Å². The summed E-state index contributed by atoms with van der Waals surface area (Å²) in [7, 11) is 1.34. The molecule has 0 spiro atoms. The summed E-state index contributed by atoms with van der Waals surface area (Å²) in [5, 5.41) is 5.28. The molecular weight excluding hydrogens is 453 g/mol. The van der Waals surface area contributed by atoms with Crippen molar-refractivity contribution in [2.45, 2.75) is 13.8 Å². The fourth-order valence-electron chi connectivity index (χ4n) is 4.20. The van der Waals surface area contributed by atoms with E-state index in [4.69, 9.17) is 4.74 Å². The highest BCUT2D eigenvalue weighted by Crippen LogP contribution is 2.38. The van der Waals surface area contributed by atoms with Crippen LogP contribution >= 0.6 is 11.3 Å². The van der Waals surface area contributed by atoms with Crippen molar-refractivity contribution in [3.8, 4) is 11.1 Å². The Morgan fingerprint density at radius 2 is 1.79 bits per heavy atom. The molecule has 6 nitrogen and oxygen atoms in total. The maximum Gasteiger partial charge on any atom is 0.341 e. The number of halogens is 1. The molecule has 1 amide bonds. The smallest absolute Gasteiger partial charge is 0.341 e. The topological polar surface area (TPSA) is 61.9 Å². The molecule has 3 aromatic rings. The molecule has 34 heavy (non-hydrogen) atoms. The number of carbonyl (C=O) groups is 2. The zero-order valence-corrected chi connectivity index (χ0v) is 20.4. The third-order valence-corrected chi connectivity index (χ3v) is 6.94. The van der Waals surface area contributed by atoms with Gasteiger partial charge in [0.1, 0.15) is 16.4 Å². The SMILES string of the molecule is COC(=O)c1c(-c2cc(C)ccc2C)csc1NC(=O)CN1CCN(c2ccccc2F)CC1. The first-order valence-electron chi connectivity index (χ1n) is 11.2. The van der Waals surface area contributed by atoms with Crippen LogP contribution < -0.4 is 10.2 Å². The highest BCUT2D eigenvalue weighted by Gasteiger charge is 2.25. The molecule has 0 saturated carbocycles. The fraction of sp³-hybridized carbons (Fsp3) is 0.308. The van der Waals surface area contributed by atoms with E-state index >= 15 is 0 Å². The molecule has 0 bridgehead atoms. The lowest BCUT2D eigenvalue weighted by Gasteiger charge is -2.35. The summed E-state index contributed by atoms with van der Waals surface area (Å²) in [5.74, 6) is -0.911. The molecule has 0 unspecified atom stereocenters. The molecule has 1 saturated heterocycles. The van der Waals surface area contributed by atoms with Gasteiger partial charge in [0.05, 0.1) is 19.3 Å². The Bertz CT molecular complexity index is 1200. The Morgan fingerprint density at radius 1 is 1.06 bits per heavy atom. The number of nitrogens with one attached hydrogen (secondary N) is 1. The molecule has 8 heteroatoms. The van der Waals surface area contributed by atoms with E-state index in [2.05, 4.69) is 5.32 Å². The van der Waals surface area contributed by atoms with Gasteiger partial charge in [-0.15, -0.1) is 11.3 Å². The van der Waals surface area contributed by atoms with Crippen molar-refractivity contribution >= 4 is 33.9 Å². The highest BCUT2D eigenvalue weighted by molar-refractivity contribution is 7.15. The minimum Gasteiger partial charge on any atom is -0.465 e. The van der Waals surface area contributed by atoms with Gasteiger partial charge in [-0.2, -0.15) is 0 Å². The van der Waals surface area contributed by atoms with Crippen LogP contribution in [0.3, 0.4) is 0 Å². The third kappa shape index (κ3) is 5.13. The van der Waals surface area contributed by atoms with E-state index in [1.807, 2.05) is 53.3 Å². The van der Waals surface area contributed by atoms with Crippen LogP contribution in [0.5, 0.6) is 0 Å². The summed E-state index contributed by atoms with van der Waals surface area (Å²) in [6, 6.07) is 12.8. The van der Waals surface area contributed by atoms with Crippen molar-refractivity contribution in [2.24, 2.45) is 0 Å². The Hall–Kier alpha value is -3.23. The lowest BCUT2D eigenvalue weighted by Crippen LogP contribution is -2.48. The van der Waals surface area contributed by atoms with Crippen LogP contribution in [0.4, 0.5) is 15.1 Å². The number of thiophene rings is 1. The molecule has 4 rings (SSSR count). The normalized spacial score (nSPS) is 14.2. The average molecular weight is 482 g/mol. The predicted octanol–water partition coefficient (Wildman–Crippen LogP) is 4.72. The van der Waals surface area contributed by atoms with Gasteiger partial charge in [-0.25, -0.2) is 9.18 Å². The number of benzene rings is 2. The van der Waals surface area contributed by atoms with Gasteiger partial charge in [0.25, 0.3) is 0 Å². The molecule has 0 atom stereocenters. The number of hydrogen-bond acceptors (Lipinski definition) is 6. The molecule has 2 aromatic carbocycles. The molecule has 0 aliphatic carbocycles. The molecular formula is C26H28FN3O3S. The number of piperazine rings is 1. The first-order chi connectivity index (χ1) is 16.4. The summed E-state index contributed by atoms with van der Waals surface area (Å²) < 4.78 is 19.1. The maximum absolute atomic E-state index is 14.1. The van der Waals surface area contributed by atoms with Crippen molar-refractivity contribution in [2.75, 3.05) is 50.1 Å². The van der Waals surface area contributed by atoms with Crippen LogP contribution in [-0.4, -0.2) is 56.6 Å². The number of nitrogens with zero attached hydrogens (tertiary/aromatic N) is 2. The first kappa shape index (κ1) is 23.9. The summed E-state index contributed by atoms with van der Waals surface area (Å²) in [6.07, 6.45) is 0. The summed E-state index contributed by atoms with van der Waals surface area (Å²) in [4.78, 5) is 29.5. The van der Waals surface area contributed by atoms with E-state index < -0.39 is 5.97 Å². The van der Waals surface area contributed by atoms with E-state index in [9.17, 15) is 14.0 Å². The molecule has 1 aliphatic rings. The molecule has 2 heterocycles. The van der Waals surface area contributed by atoms with Gasteiger partial charge >= 0.3 is 5.97 Å². The Balaban J connectivity index is 1.44. The number of rotatable bonds is 6. The van der Waals surface area contributed by atoms with Crippen molar-refractivity contribution in [3.63, 3.8) is 0 Å². The maximum atomic E-state index is 14.1. The first-order valence-corrected chi connectivity index (χ1v) is 12.0. The van der Waals surface area contributed by atoms with Crippen LogP contribution in [0.25, 0.3) is 11.1 Å². The predicted molar refractivity (Wildman–Crippen MR) is 134 cm³/mol. The number of methoxy groups -OCH3 is 1. The van der Waals surface area contributed by atoms with Gasteiger partial charge < -0.3 is 15.0 Å². The second kappa shape index (κ2) is 10.4. The van der Waals surface area contributed by atoms with Crippen LogP contribution in [0.15, 0.2) is 47.8 Å². The average Bonchev–Trinajstić information content (AvgIpc) is 3.24. The Morgan fingerprint density at radius 3 is 2.50 bits per heavy atom. The largest absolute Gasteiger partial charge is 0.465 e. The zero-order chi connectivity index (χ0) is 24.2. The Kier molecular flexibility index (Phi) is 7.29. The van der Waals surface area contributed by atoms with E-state index in [-0.39, 0.29) is 18.3 Å². The molecule has 1 N–H and O–H groups in total. The second-order valence-corrected chi connectivity index (χ2v) is 9.31. The number of amides is 1. The quantitative estimate of drug-likeness (QED) is 0.517. The molecule has 1 aliphatic heterocycles. The van der Waals surface area contributed by atoms with Crippen LogP contribution in [0, 0.1) is 19.7 Å². The third-order valence-electron chi connectivity index (χ3n) is 6.05. The minimum atomic E-state index is -0.481. The highest BCUT2D eigenvalue weighted by atomic mass is 32.1. The lowest BCUT2D eigenvalue weighted by atomic mass is 9.97. The second-order valence-electron chi connectivity index (χ2n) is 8.43. The molecule has 1 aromatic heterocycles. The number of hydrogen-bond donors (Lipinski definition) is 1. The standard InChI is InChI=1S/C26H28FN3O3S/c1-17-8-9-18(2)19(14-17)20-16-34-25(24(20)26(32)33-3)28-23(31)15-29-10-12-30(13-11-29)22-7-5-4-6-21(22)27/h4-9,14,16H,10-13,15H2,1-3H3,(H,28,31). The van der Waals surface area contributed by atoms with Gasteiger partial charge in [-0.1, -0.05) is 35.9 Å². The number of carbonyl (C=O) groups excluding carboxylic acids is 2. The van der Waals surface area contributed by atoms with Gasteiger partial charge in [-0.05, 0) is 37.1 Å². The van der Waals surface area contributed by atoms with Crippen molar-refractivity contribution in [1.29, 1.82) is 0 Å². The molecule has 178 valence electrons. The van der Waals surface area contributed by atoms with Crippen molar-refractivity contribution < 1.29 is 18.7 Å². The minimum absolute atomic E-state index is 0.196. The van der Waals surface area contributed by atoms with Crippen LogP contribution in [0.2, 0.25) is 0 Å². The number of para-hydroxylation sites is 1. The molecule has 0 radical (unpaired) electrons. The van der Waals surface area contributed by atoms with E-state index in [1.54, 1.807) is 12.1 Å². The Labute approximate surface area is 203 Å². The number of ether oxygens (including phenoxy) is 1. The van der Waals surface area contributed by atoms with Crippen molar-refractivity contribution in [3.05, 3.63) is 70.4 Å². The number of esters is 1. The summed E-state index contributed by atoms with van der Waals surface area (Å²) in [5.41, 5.74) is 4.79. The van der Waals surface area contributed by atoms with Crippen LogP contribution in [-0.2, 0) is 9.53 Å². The summed E-state index contributed by atoms with van der Waals surface area (Å²) >= 11 is 1.32. The van der Waals surface area contributed by atoms with Gasteiger partial charge in [0.15, 0.2) is 0 Å². The fourth-order valence-corrected chi connectivity index (χ4v) is 5.17. The lowest BCUT2D eigenvalue weighted by molar-refractivity contribution is -0.117. The zero-order valence-electron chi connectivity index (χ0n) is 19.6. The van der Waals surface area contributed by atoms with Gasteiger partial charge in [0.2, 0.25) is 5.91 Å². The summed E-state index contributed by atoms with van der Waals surface area (Å²) in [6.45, 7) is 6.75. The molecule has 1 fully saturated rings. The number of anilines is 2. The monoisotopic (exact) mass is 481 g/mol. The van der Waals surface area contributed by atoms with Crippen molar-refractivity contribution in [1.82, 2.24) is 4.90 Å². The van der Waals surface area contributed by atoms with Crippen LogP contribution in [0.1, 0.15) is 21.5 Å². The van der Waals surface area contributed by atoms with E-state index in [0.717, 1.165) is 22.3 Å². The van der Waals surface area contributed by atoms with Gasteiger partial charge in [0, 0.05) is 37.1 Å².